The highest BCUT2D eigenvalue weighted by atomic mass is 16.6. The summed E-state index contributed by atoms with van der Waals surface area (Å²) in [5.41, 5.74) is 0. The van der Waals surface area contributed by atoms with E-state index >= 15 is 0 Å². The SMILES string of the molecule is CC/C=C\C/C=C\C/C=C\C/C=C\C/C=C\C/C=C\C/C=C\CCCCCCCCCC(=O)OCC(COC(=O)CCCCCCC/C=C\C/C=C\C/C=C\CC)OC(=O)CCCCCCCCCCC/C=C\C/C=C\CCCCCCC. The molecule has 6 heteroatoms. The summed E-state index contributed by atoms with van der Waals surface area (Å²) in [6.07, 6.45) is 100.0. The minimum atomic E-state index is -0.800. The molecular formula is C77H126O6. The van der Waals surface area contributed by atoms with Crippen molar-refractivity contribution in [2.45, 2.75) is 309 Å². The molecule has 470 valence electrons. The van der Waals surface area contributed by atoms with Gasteiger partial charge in [-0.05, 0) is 141 Å². The van der Waals surface area contributed by atoms with Crippen LogP contribution < -0.4 is 0 Å². The van der Waals surface area contributed by atoms with Gasteiger partial charge in [0.2, 0.25) is 0 Å². The molecule has 6 nitrogen and oxygen atoms in total. The van der Waals surface area contributed by atoms with Crippen LogP contribution in [0.2, 0.25) is 0 Å². The van der Waals surface area contributed by atoms with Gasteiger partial charge in [-0.3, -0.25) is 14.4 Å². The number of rotatable bonds is 61. The molecule has 0 spiro atoms. The molecule has 0 aliphatic heterocycles. The third-order valence-electron chi connectivity index (χ3n) is 14.3. The van der Waals surface area contributed by atoms with Crippen molar-refractivity contribution >= 4 is 17.9 Å². The molecule has 0 aliphatic carbocycles. The monoisotopic (exact) mass is 1150 g/mol. The van der Waals surface area contributed by atoms with Crippen molar-refractivity contribution < 1.29 is 28.6 Å². The van der Waals surface area contributed by atoms with Crippen LogP contribution in [-0.2, 0) is 28.6 Å². The quantitative estimate of drug-likeness (QED) is 0.0261. The second-order valence-corrected chi connectivity index (χ2v) is 22.3. The number of esters is 3. The predicted molar refractivity (Wildman–Crippen MR) is 362 cm³/mol. The number of hydrogen-bond acceptors (Lipinski definition) is 6. The molecule has 0 N–H and O–H groups in total. The normalized spacial score (nSPS) is 13.0. The van der Waals surface area contributed by atoms with E-state index in [0.717, 1.165) is 154 Å². The van der Waals surface area contributed by atoms with Gasteiger partial charge in [0.25, 0.3) is 0 Å². The summed E-state index contributed by atoms with van der Waals surface area (Å²) >= 11 is 0. The molecule has 0 fully saturated rings. The minimum Gasteiger partial charge on any atom is -0.462 e. The van der Waals surface area contributed by atoms with Crippen LogP contribution >= 0.6 is 0 Å². The van der Waals surface area contributed by atoms with Gasteiger partial charge in [-0.1, -0.05) is 289 Å². The number of unbranched alkanes of at least 4 members (excludes halogenated alkanes) is 26. The van der Waals surface area contributed by atoms with Crippen LogP contribution in [0.3, 0.4) is 0 Å². The van der Waals surface area contributed by atoms with Crippen molar-refractivity contribution in [2.24, 2.45) is 0 Å². The first-order chi connectivity index (χ1) is 41.0. The number of carbonyl (C=O) groups excluding carboxylic acids is 3. The average Bonchev–Trinajstić information content (AvgIpc) is 3.49. The van der Waals surface area contributed by atoms with Crippen molar-refractivity contribution in [3.8, 4) is 0 Å². The first kappa shape index (κ1) is 78.3. The summed E-state index contributed by atoms with van der Waals surface area (Å²) in [4.78, 5) is 38.4. The molecule has 83 heavy (non-hydrogen) atoms. The average molecular weight is 1150 g/mol. The first-order valence-corrected chi connectivity index (χ1v) is 34.3. The highest BCUT2D eigenvalue weighted by Gasteiger charge is 2.19. The van der Waals surface area contributed by atoms with E-state index in [1.165, 1.54) is 109 Å². The summed E-state index contributed by atoms with van der Waals surface area (Å²) in [5, 5.41) is 0. The van der Waals surface area contributed by atoms with E-state index in [-0.39, 0.29) is 31.1 Å². The van der Waals surface area contributed by atoms with E-state index < -0.39 is 6.10 Å². The smallest absolute Gasteiger partial charge is 0.306 e. The molecule has 0 rings (SSSR count). The van der Waals surface area contributed by atoms with E-state index in [4.69, 9.17) is 14.2 Å². The van der Waals surface area contributed by atoms with E-state index in [9.17, 15) is 14.4 Å². The highest BCUT2D eigenvalue weighted by molar-refractivity contribution is 5.71. The molecule has 0 saturated heterocycles. The van der Waals surface area contributed by atoms with Gasteiger partial charge >= 0.3 is 17.9 Å². The molecular weight excluding hydrogens is 1020 g/mol. The lowest BCUT2D eigenvalue weighted by molar-refractivity contribution is -0.167. The van der Waals surface area contributed by atoms with Gasteiger partial charge in [-0.15, -0.1) is 0 Å². The summed E-state index contributed by atoms with van der Waals surface area (Å²) in [6.45, 7) is 6.39. The van der Waals surface area contributed by atoms with Crippen molar-refractivity contribution in [3.05, 3.63) is 146 Å². The van der Waals surface area contributed by atoms with Crippen LogP contribution in [-0.4, -0.2) is 37.2 Å². The Bertz CT molecular complexity index is 1800. The second kappa shape index (κ2) is 69.8. The molecule has 0 aromatic rings. The fourth-order valence-corrected chi connectivity index (χ4v) is 9.23. The first-order valence-electron chi connectivity index (χ1n) is 34.3. The summed E-state index contributed by atoms with van der Waals surface area (Å²) in [5.74, 6) is -0.923. The Morgan fingerprint density at radius 2 is 0.470 bits per heavy atom. The summed E-state index contributed by atoms with van der Waals surface area (Å²) in [7, 11) is 0. The predicted octanol–water partition coefficient (Wildman–Crippen LogP) is 23.9. The number of allylic oxidation sites excluding steroid dienone is 24. The molecule has 0 aromatic heterocycles. The maximum absolute atomic E-state index is 13.0. The van der Waals surface area contributed by atoms with Gasteiger partial charge in [0.05, 0.1) is 0 Å². The number of hydrogen-bond donors (Lipinski definition) is 0. The maximum atomic E-state index is 13.0. The van der Waals surface area contributed by atoms with Crippen molar-refractivity contribution in [3.63, 3.8) is 0 Å². The van der Waals surface area contributed by atoms with Crippen LogP contribution in [0, 0.1) is 0 Å². The number of carbonyl (C=O) groups is 3. The zero-order valence-corrected chi connectivity index (χ0v) is 53.9. The molecule has 1 unspecified atom stereocenters. The highest BCUT2D eigenvalue weighted by Crippen LogP contribution is 2.15. The van der Waals surface area contributed by atoms with Crippen LogP contribution in [0.5, 0.6) is 0 Å². The fourth-order valence-electron chi connectivity index (χ4n) is 9.23. The van der Waals surface area contributed by atoms with Gasteiger partial charge in [0, 0.05) is 19.3 Å². The Morgan fingerprint density at radius 3 is 0.735 bits per heavy atom. The zero-order chi connectivity index (χ0) is 59.9. The third-order valence-corrected chi connectivity index (χ3v) is 14.3. The molecule has 0 aromatic carbocycles. The van der Waals surface area contributed by atoms with Crippen LogP contribution in [0.1, 0.15) is 303 Å². The van der Waals surface area contributed by atoms with E-state index in [1.54, 1.807) is 0 Å². The van der Waals surface area contributed by atoms with Crippen LogP contribution in [0.15, 0.2) is 146 Å². The number of ether oxygens (including phenoxy) is 3. The largest absolute Gasteiger partial charge is 0.462 e. The Hall–Kier alpha value is -4.71. The third kappa shape index (κ3) is 68.0. The standard InChI is InChI=1S/C77H126O6/c1-4-7-10-13-16-19-22-25-28-30-32-34-35-36-37-38-39-40-41-43-44-46-49-52-55-58-61-64-67-70-76(79)82-73-74(72-81-75(78)69-66-63-60-57-54-51-48-27-24-21-18-15-12-9-6-3)83-77(80)71-68-65-62-59-56-53-50-47-45-42-33-31-29-26-23-20-17-14-11-8-5-2/h7,9-10,12,16,18-19,21,23,25-28,31-34,36-37,39-40,43-44,48,74H,4-6,8,11,13-15,17,20,22,24,29-30,35,38,41-42,45-47,49-73H2,1-3H3/b10-7-,12-9-,19-16-,21-18-,26-23-,28-25-,33-31-,34-32-,37-36-,40-39-,44-43-,48-27-. The Morgan fingerprint density at radius 1 is 0.253 bits per heavy atom. The lowest BCUT2D eigenvalue weighted by atomic mass is 10.1. The second-order valence-electron chi connectivity index (χ2n) is 22.3. The molecule has 0 amide bonds. The van der Waals surface area contributed by atoms with Crippen molar-refractivity contribution in [1.29, 1.82) is 0 Å². The molecule has 0 bridgehead atoms. The van der Waals surface area contributed by atoms with E-state index in [1.807, 2.05) is 0 Å². The van der Waals surface area contributed by atoms with Gasteiger partial charge < -0.3 is 14.2 Å². The molecule has 1 atom stereocenters. The lowest BCUT2D eigenvalue weighted by Gasteiger charge is -2.18. The maximum Gasteiger partial charge on any atom is 0.306 e. The molecule has 0 heterocycles. The summed E-state index contributed by atoms with van der Waals surface area (Å²) < 4.78 is 16.9. The van der Waals surface area contributed by atoms with Gasteiger partial charge in [-0.2, -0.15) is 0 Å². The van der Waals surface area contributed by atoms with Gasteiger partial charge in [0.15, 0.2) is 6.10 Å². The Balaban J connectivity index is 4.40. The molecule has 0 radical (unpaired) electrons. The van der Waals surface area contributed by atoms with Gasteiger partial charge in [0.1, 0.15) is 13.2 Å². The minimum absolute atomic E-state index is 0.0956. The van der Waals surface area contributed by atoms with E-state index in [0.29, 0.717) is 19.3 Å². The zero-order valence-electron chi connectivity index (χ0n) is 53.9. The van der Waals surface area contributed by atoms with Crippen LogP contribution in [0.4, 0.5) is 0 Å². The lowest BCUT2D eigenvalue weighted by Crippen LogP contribution is -2.30. The van der Waals surface area contributed by atoms with Crippen LogP contribution in [0.25, 0.3) is 0 Å². The van der Waals surface area contributed by atoms with Gasteiger partial charge in [-0.25, -0.2) is 0 Å². The topological polar surface area (TPSA) is 78.9 Å². The fraction of sp³-hybridized carbons (Fsp3) is 0.649. The van der Waals surface area contributed by atoms with Crippen molar-refractivity contribution in [1.82, 2.24) is 0 Å². The van der Waals surface area contributed by atoms with E-state index in [2.05, 4.69) is 167 Å². The Kier molecular flexibility index (Phi) is 65.8. The Labute approximate surface area is 512 Å². The molecule has 0 aliphatic rings. The molecule has 0 saturated carbocycles. The van der Waals surface area contributed by atoms with Crippen molar-refractivity contribution in [2.75, 3.05) is 13.2 Å². The summed E-state index contributed by atoms with van der Waals surface area (Å²) in [6, 6.07) is 0.